The SMILES string of the molecule is COc1ccc(CNC(=O)c2ccc(N)c(C(C)=O)c2)cc1. The van der Waals surface area contributed by atoms with Crippen LogP contribution < -0.4 is 15.8 Å². The monoisotopic (exact) mass is 298 g/mol. The third-order valence-electron chi connectivity index (χ3n) is 3.31. The van der Waals surface area contributed by atoms with E-state index in [9.17, 15) is 9.59 Å². The second-order valence-electron chi connectivity index (χ2n) is 4.89. The number of carbonyl (C=O) groups excluding carboxylic acids is 2. The summed E-state index contributed by atoms with van der Waals surface area (Å²) in [6.45, 7) is 1.81. The molecule has 2 rings (SSSR count). The van der Waals surface area contributed by atoms with E-state index in [0.29, 0.717) is 23.4 Å². The van der Waals surface area contributed by atoms with Crippen molar-refractivity contribution in [3.05, 3.63) is 59.2 Å². The lowest BCUT2D eigenvalue weighted by molar-refractivity contribution is 0.0951. The van der Waals surface area contributed by atoms with Crippen LogP contribution in [-0.4, -0.2) is 18.8 Å². The number of amides is 1. The van der Waals surface area contributed by atoms with Gasteiger partial charge < -0.3 is 15.8 Å². The Hall–Kier alpha value is -2.82. The van der Waals surface area contributed by atoms with Gasteiger partial charge in [-0.15, -0.1) is 0 Å². The van der Waals surface area contributed by atoms with E-state index in [1.165, 1.54) is 13.0 Å². The molecular weight excluding hydrogens is 280 g/mol. The molecule has 0 radical (unpaired) electrons. The third kappa shape index (κ3) is 3.63. The van der Waals surface area contributed by atoms with Gasteiger partial charge in [-0.3, -0.25) is 9.59 Å². The Morgan fingerprint density at radius 3 is 2.41 bits per heavy atom. The maximum atomic E-state index is 12.1. The van der Waals surface area contributed by atoms with Crippen LogP contribution in [-0.2, 0) is 6.54 Å². The molecule has 0 aliphatic rings. The highest BCUT2D eigenvalue weighted by Gasteiger charge is 2.11. The topological polar surface area (TPSA) is 81.4 Å². The first-order valence-electron chi connectivity index (χ1n) is 6.83. The molecule has 0 saturated carbocycles. The molecule has 0 saturated heterocycles. The van der Waals surface area contributed by atoms with E-state index < -0.39 is 0 Å². The maximum Gasteiger partial charge on any atom is 0.251 e. The fourth-order valence-corrected chi connectivity index (χ4v) is 2.03. The molecule has 0 aromatic heterocycles. The average molecular weight is 298 g/mol. The summed E-state index contributed by atoms with van der Waals surface area (Å²) in [5.74, 6) is 0.348. The molecule has 0 unspecified atom stereocenters. The molecule has 3 N–H and O–H groups in total. The van der Waals surface area contributed by atoms with E-state index in [1.54, 1.807) is 19.2 Å². The van der Waals surface area contributed by atoms with E-state index in [0.717, 1.165) is 11.3 Å². The largest absolute Gasteiger partial charge is 0.497 e. The second-order valence-corrected chi connectivity index (χ2v) is 4.89. The summed E-state index contributed by atoms with van der Waals surface area (Å²) < 4.78 is 5.08. The summed E-state index contributed by atoms with van der Waals surface area (Å²) >= 11 is 0. The molecule has 0 fully saturated rings. The molecule has 0 bridgehead atoms. The van der Waals surface area contributed by atoms with E-state index >= 15 is 0 Å². The van der Waals surface area contributed by atoms with Crippen molar-refractivity contribution in [3.8, 4) is 5.75 Å². The molecule has 0 spiro atoms. The van der Waals surface area contributed by atoms with Crippen LogP contribution in [0.15, 0.2) is 42.5 Å². The number of methoxy groups -OCH3 is 1. The van der Waals surface area contributed by atoms with Gasteiger partial charge in [0.15, 0.2) is 5.78 Å². The Morgan fingerprint density at radius 1 is 1.14 bits per heavy atom. The van der Waals surface area contributed by atoms with Crippen molar-refractivity contribution in [2.24, 2.45) is 0 Å². The summed E-state index contributed by atoms with van der Waals surface area (Å²) in [6, 6.07) is 12.1. The molecule has 5 nitrogen and oxygen atoms in total. The molecule has 0 heterocycles. The molecule has 2 aromatic carbocycles. The normalized spacial score (nSPS) is 10.1. The number of Topliss-reactive ketones (excluding diaryl/α,β-unsaturated/α-hetero) is 1. The number of anilines is 1. The molecular formula is C17H18N2O3. The Labute approximate surface area is 129 Å². The Morgan fingerprint density at radius 2 is 1.82 bits per heavy atom. The van der Waals surface area contributed by atoms with Crippen LogP contribution in [0.3, 0.4) is 0 Å². The lowest BCUT2D eigenvalue weighted by Gasteiger charge is -2.08. The molecule has 2 aromatic rings. The zero-order chi connectivity index (χ0) is 16.1. The number of hydrogen-bond acceptors (Lipinski definition) is 4. The smallest absolute Gasteiger partial charge is 0.251 e. The van der Waals surface area contributed by atoms with Crippen LogP contribution in [0.1, 0.15) is 33.2 Å². The highest BCUT2D eigenvalue weighted by atomic mass is 16.5. The molecule has 5 heteroatoms. The Kier molecular flexibility index (Phi) is 4.78. The first kappa shape index (κ1) is 15.6. The molecule has 0 aliphatic heterocycles. The van der Waals surface area contributed by atoms with Gasteiger partial charge in [0.1, 0.15) is 5.75 Å². The van der Waals surface area contributed by atoms with Crippen molar-refractivity contribution in [1.82, 2.24) is 5.32 Å². The van der Waals surface area contributed by atoms with Crippen LogP contribution in [0.2, 0.25) is 0 Å². The summed E-state index contributed by atoms with van der Waals surface area (Å²) in [5.41, 5.74) is 7.82. The van der Waals surface area contributed by atoms with Crippen LogP contribution in [0.4, 0.5) is 5.69 Å². The number of ketones is 1. The van der Waals surface area contributed by atoms with Gasteiger partial charge in [0.2, 0.25) is 0 Å². The van der Waals surface area contributed by atoms with Gasteiger partial charge in [0.25, 0.3) is 5.91 Å². The first-order valence-corrected chi connectivity index (χ1v) is 6.83. The summed E-state index contributed by atoms with van der Waals surface area (Å²) in [7, 11) is 1.60. The zero-order valence-electron chi connectivity index (χ0n) is 12.6. The first-order chi connectivity index (χ1) is 10.5. The van der Waals surface area contributed by atoms with Crippen LogP contribution in [0.5, 0.6) is 5.75 Å². The summed E-state index contributed by atoms with van der Waals surface area (Å²) in [6.07, 6.45) is 0. The van der Waals surface area contributed by atoms with E-state index in [1.807, 2.05) is 24.3 Å². The lowest BCUT2D eigenvalue weighted by atomic mass is 10.1. The second kappa shape index (κ2) is 6.76. The van der Waals surface area contributed by atoms with Crippen molar-refractivity contribution >= 4 is 17.4 Å². The van der Waals surface area contributed by atoms with Gasteiger partial charge in [-0.1, -0.05) is 12.1 Å². The number of carbonyl (C=O) groups is 2. The molecule has 22 heavy (non-hydrogen) atoms. The van der Waals surface area contributed by atoms with E-state index in [4.69, 9.17) is 10.5 Å². The van der Waals surface area contributed by atoms with Crippen molar-refractivity contribution in [3.63, 3.8) is 0 Å². The third-order valence-corrected chi connectivity index (χ3v) is 3.31. The molecule has 0 atom stereocenters. The highest BCUT2D eigenvalue weighted by molar-refractivity contribution is 6.03. The lowest BCUT2D eigenvalue weighted by Crippen LogP contribution is -2.23. The number of hydrogen-bond donors (Lipinski definition) is 2. The fraction of sp³-hybridized carbons (Fsp3) is 0.176. The standard InChI is InChI=1S/C17H18N2O3/c1-11(20)15-9-13(5-8-16(15)18)17(21)19-10-12-3-6-14(22-2)7-4-12/h3-9H,10,18H2,1-2H3,(H,19,21). The van der Waals surface area contributed by atoms with Gasteiger partial charge >= 0.3 is 0 Å². The molecule has 114 valence electrons. The molecule has 1 amide bonds. The highest BCUT2D eigenvalue weighted by Crippen LogP contribution is 2.15. The van der Waals surface area contributed by atoms with Gasteiger partial charge in [-0.05, 0) is 42.8 Å². The zero-order valence-corrected chi connectivity index (χ0v) is 12.6. The molecule has 0 aliphatic carbocycles. The summed E-state index contributed by atoms with van der Waals surface area (Å²) in [4.78, 5) is 23.6. The average Bonchev–Trinajstić information content (AvgIpc) is 2.53. The van der Waals surface area contributed by atoms with Crippen molar-refractivity contribution in [2.75, 3.05) is 12.8 Å². The number of nitrogens with one attached hydrogen (secondary N) is 1. The van der Waals surface area contributed by atoms with E-state index in [-0.39, 0.29) is 11.7 Å². The predicted molar refractivity (Wildman–Crippen MR) is 85.0 cm³/mol. The van der Waals surface area contributed by atoms with E-state index in [2.05, 4.69) is 5.32 Å². The van der Waals surface area contributed by atoms with Crippen LogP contribution >= 0.6 is 0 Å². The van der Waals surface area contributed by atoms with Crippen molar-refractivity contribution in [1.29, 1.82) is 0 Å². The quantitative estimate of drug-likeness (QED) is 0.656. The fourth-order valence-electron chi connectivity index (χ4n) is 2.03. The minimum atomic E-state index is -0.252. The predicted octanol–water partition coefficient (Wildman–Crippen LogP) is 2.41. The number of nitrogen functional groups attached to an aromatic ring is 1. The van der Waals surface area contributed by atoms with Crippen molar-refractivity contribution < 1.29 is 14.3 Å². The van der Waals surface area contributed by atoms with Gasteiger partial charge in [0.05, 0.1) is 7.11 Å². The van der Waals surface area contributed by atoms with Gasteiger partial charge in [0, 0.05) is 23.4 Å². The van der Waals surface area contributed by atoms with Gasteiger partial charge in [-0.25, -0.2) is 0 Å². The number of benzene rings is 2. The number of ether oxygens (including phenoxy) is 1. The minimum Gasteiger partial charge on any atom is -0.497 e. The number of nitrogens with two attached hydrogens (primary N) is 1. The maximum absolute atomic E-state index is 12.1. The van der Waals surface area contributed by atoms with Gasteiger partial charge in [-0.2, -0.15) is 0 Å². The van der Waals surface area contributed by atoms with Crippen molar-refractivity contribution in [2.45, 2.75) is 13.5 Å². The summed E-state index contributed by atoms with van der Waals surface area (Å²) in [5, 5.41) is 2.81. The Balaban J connectivity index is 2.05. The minimum absolute atomic E-state index is 0.165. The number of rotatable bonds is 5. The van der Waals surface area contributed by atoms with Crippen LogP contribution in [0, 0.1) is 0 Å². The van der Waals surface area contributed by atoms with Crippen LogP contribution in [0.25, 0.3) is 0 Å². The Bertz CT molecular complexity index is 694.